The van der Waals surface area contributed by atoms with Gasteiger partial charge in [-0.25, -0.2) is 0 Å². The number of hydrogen-bond donors (Lipinski definition) is 0. The molecule has 0 spiro atoms. The van der Waals surface area contributed by atoms with Crippen molar-refractivity contribution in [2.45, 2.75) is 78.1 Å². The number of benzene rings is 4. The van der Waals surface area contributed by atoms with Gasteiger partial charge in [0.1, 0.15) is 0 Å². The molecule has 0 N–H and O–H groups in total. The van der Waals surface area contributed by atoms with Gasteiger partial charge in [0.25, 0.3) is 0 Å². The van der Waals surface area contributed by atoms with Gasteiger partial charge in [0.05, 0.1) is 16.9 Å². The third-order valence-electron chi connectivity index (χ3n) is 10.1. The van der Waals surface area contributed by atoms with E-state index in [-0.39, 0.29) is 25.9 Å². The second-order valence-electron chi connectivity index (χ2n) is 16.4. The molecule has 0 saturated carbocycles. The monoisotopic (exact) mass is 999 g/mol. The topological polar surface area (TPSA) is 43.6 Å². The van der Waals surface area contributed by atoms with E-state index in [1.54, 1.807) is 15.7 Å². The molecule has 4 heterocycles. The predicted octanol–water partition coefficient (Wildman–Crippen LogP) is 12.7. The molecule has 1 radical (unpaired) electrons. The molecule has 0 unspecified atom stereocenters. The molecule has 289 valence electrons. The first-order valence-electron chi connectivity index (χ1n) is 19.2. The van der Waals surface area contributed by atoms with Crippen LogP contribution < -0.4 is 4.40 Å². The minimum atomic E-state index is -1.86. The van der Waals surface area contributed by atoms with Crippen molar-refractivity contribution >= 4 is 60.2 Å². The van der Waals surface area contributed by atoms with Crippen LogP contribution in [0.5, 0.6) is 0 Å². The maximum atomic E-state index is 15.2. The summed E-state index contributed by atoms with van der Waals surface area (Å²) in [7, 11) is 0. The van der Waals surface area contributed by atoms with Crippen LogP contribution in [0.1, 0.15) is 61.6 Å². The first kappa shape index (κ1) is 41.6. The second-order valence-corrected chi connectivity index (χ2v) is 28.1. The Morgan fingerprint density at radius 3 is 2.23 bits per heavy atom. The third kappa shape index (κ3) is 8.33. The fourth-order valence-corrected chi connectivity index (χ4v) is 12.2. The predicted molar refractivity (Wildman–Crippen MR) is 234 cm³/mol. The Bertz CT molecular complexity index is 2650. The molecular formula is C48H49FGeIrN4S-2. The van der Waals surface area contributed by atoms with E-state index in [9.17, 15) is 0 Å². The SMILES string of the molecule is CC(C)Cc1cc(-c2[c-]cccc2)nc[c]1[Ge]([CH3])([CH3])[CH3].Cc1cc(C)c(-n2c(-c3[c-]cc(F)c4c3sc3cc(C(C)C)ncc34)nc3ccccc32)c(C)c1.[Ir]. The van der Waals surface area contributed by atoms with Crippen LogP contribution in [-0.4, -0.2) is 32.8 Å². The molecule has 0 aliphatic heterocycles. The molecule has 56 heavy (non-hydrogen) atoms. The van der Waals surface area contributed by atoms with Crippen LogP contribution >= 0.6 is 11.3 Å². The number of hydrogen-bond acceptors (Lipinski definition) is 4. The van der Waals surface area contributed by atoms with Gasteiger partial charge in [-0.05, 0) is 66.1 Å². The number of halogens is 1. The molecule has 8 rings (SSSR count). The van der Waals surface area contributed by atoms with Gasteiger partial charge in [-0.2, -0.15) is 11.3 Å². The molecule has 4 aromatic heterocycles. The number of thiophene rings is 1. The van der Waals surface area contributed by atoms with Gasteiger partial charge in [0, 0.05) is 53.6 Å². The van der Waals surface area contributed by atoms with Crippen molar-refractivity contribution in [2.75, 3.05) is 0 Å². The fraction of sp³-hybridized carbons (Fsp3) is 0.271. The Kier molecular flexibility index (Phi) is 12.5. The van der Waals surface area contributed by atoms with Gasteiger partial charge in [0.2, 0.25) is 0 Å². The van der Waals surface area contributed by atoms with Gasteiger partial charge >= 0.3 is 126 Å². The molecule has 8 aromatic rings. The standard InChI is InChI=1S/C30H25FN3S.C18H24GeN.Ir/c1-16(2)24-14-26-21(15-32-24)27-22(31)11-10-20(29(27)35-26)30-33-23-8-6-7-9-25(23)34(30)28-18(4)12-17(3)13-19(28)5;1-14(2)11-16-12-18(15-9-7-6-8-10-15)20-13-17(16)19(3,4)5;/h6-9,11-16H,1-5H3;6-9,12-14H,11H2,1-5H3;/q2*-1;. The van der Waals surface area contributed by atoms with E-state index in [1.807, 2.05) is 42.6 Å². The number of rotatable bonds is 7. The quantitative estimate of drug-likeness (QED) is 0.118. The van der Waals surface area contributed by atoms with Crippen molar-refractivity contribution < 1.29 is 24.5 Å². The Morgan fingerprint density at radius 2 is 1.57 bits per heavy atom. The molecule has 0 atom stereocenters. The largest absolute Gasteiger partial charge is 0.333 e. The summed E-state index contributed by atoms with van der Waals surface area (Å²) in [6, 6.07) is 33.0. The average molecular weight is 998 g/mol. The van der Waals surface area contributed by atoms with E-state index >= 15 is 4.39 Å². The summed E-state index contributed by atoms with van der Waals surface area (Å²) in [6.07, 6.45) is 5.09. The van der Waals surface area contributed by atoms with Gasteiger partial charge < -0.3 is 4.57 Å². The molecule has 0 fully saturated rings. The number of pyridine rings is 2. The van der Waals surface area contributed by atoms with Crippen LogP contribution in [0.25, 0.3) is 59.5 Å². The summed E-state index contributed by atoms with van der Waals surface area (Å²) in [5.74, 6) is 8.79. The summed E-state index contributed by atoms with van der Waals surface area (Å²) in [5.41, 5.74) is 12.1. The van der Waals surface area contributed by atoms with Crippen molar-refractivity contribution in [1.82, 2.24) is 19.5 Å². The summed E-state index contributed by atoms with van der Waals surface area (Å²) in [6.45, 7) is 15.2. The van der Waals surface area contributed by atoms with Crippen molar-refractivity contribution in [3.8, 4) is 28.3 Å². The molecule has 4 nitrogen and oxygen atoms in total. The van der Waals surface area contributed by atoms with Crippen LogP contribution in [-0.2, 0) is 26.5 Å². The molecule has 0 saturated heterocycles. The van der Waals surface area contributed by atoms with Crippen LogP contribution in [0.3, 0.4) is 0 Å². The number of nitrogens with zero attached hydrogens (tertiary/aromatic N) is 4. The van der Waals surface area contributed by atoms with Gasteiger partial charge in [-0.3, -0.25) is 14.4 Å². The maximum absolute atomic E-state index is 15.2. The van der Waals surface area contributed by atoms with E-state index in [4.69, 9.17) is 9.97 Å². The van der Waals surface area contributed by atoms with Gasteiger partial charge in [0.15, 0.2) is 0 Å². The van der Waals surface area contributed by atoms with E-state index < -0.39 is 13.3 Å². The molecule has 0 amide bonds. The molecule has 0 aliphatic rings. The Hall–Kier alpha value is -4.01. The molecule has 8 heteroatoms. The molecule has 4 aromatic carbocycles. The first-order chi connectivity index (χ1) is 26.2. The minimum absolute atomic E-state index is 0. The number of para-hydroxylation sites is 2. The summed E-state index contributed by atoms with van der Waals surface area (Å²) in [4.78, 5) is 14.4. The molecule has 0 bridgehead atoms. The number of aryl methyl sites for hydroxylation is 3. The Balaban J connectivity index is 0.000000217. The third-order valence-corrected chi connectivity index (χ3v) is 15.6. The van der Waals surface area contributed by atoms with Gasteiger partial charge in [-0.15, -0.1) is 12.1 Å². The zero-order chi connectivity index (χ0) is 39.2. The Labute approximate surface area is 351 Å². The summed E-state index contributed by atoms with van der Waals surface area (Å²) < 4.78 is 20.9. The number of aromatic nitrogens is 4. The van der Waals surface area contributed by atoms with Crippen LogP contribution in [0, 0.1) is 44.6 Å². The van der Waals surface area contributed by atoms with Crippen LogP contribution in [0.15, 0.2) is 91.3 Å². The smallest absolute Gasteiger partial charge is 0.0774 e. The van der Waals surface area contributed by atoms with Crippen LogP contribution in [0.4, 0.5) is 4.39 Å². The van der Waals surface area contributed by atoms with Crippen molar-refractivity contribution in [2.24, 2.45) is 5.92 Å². The summed E-state index contributed by atoms with van der Waals surface area (Å²) >= 11 is -0.269. The van der Waals surface area contributed by atoms with Crippen LogP contribution in [0.2, 0.25) is 17.3 Å². The van der Waals surface area contributed by atoms with Crippen molar-refractivity contribution in [3.05, 3.63) is 137 Å². The van der Waals surface area contributed by atoms with E-state index in [0.717, 1.165) is 66.3 Å². The van der Waals surface area contributed by atoms with E-state index in [0.29, 0.717) is 17.2 Å². The number of fused-ring (bicyclic) bond motifs is 4. The first-order valence-corrected chi connectivity index (χ1v) is 27.3. The zero-order valence-electron chi connectivity index (χ0n) is 33.9. The van der Waals surface area contributed by atoms with Crippen molar-refractivity contribution in [1.29, 1.82) is 0 Å². The maximum Gasteiger partial charge on any atom is 0.0774 e. The van der Waals surface area contributed by atoms with Gasteiger partial charge in [-0.1, -0.05) is 49.2 Å². The summed E-state index contributed by atoms with van der Waals surface area (Å²) in [5, 5.41) is 1.44. The number of imidazole rings is 1. The fourth-order valence-electron chi connectivity index (χ4n) is 7.60. The Morgan fingerprint density at radius 1 is 0.857 bits per heavy atom. The molecule has 0 aliphatic carbocycles. The van der Waals surface area contributed by atoms with E-state index in [2.05, 4.69) is 130 Å². The van der Waals surface area contributed by atoms with Crippen molar-refractivity contribution in [3.63, 3.8) is 0 Å². The normalized spacial score (nSPS) is 11.7. The average Bonchev–Trinajstić information content (AvgIpc) is 3.71. The van der Waals surface area contributed by atoms with E-state index in [1.165, 1.54) is 28.3 Å². The second kappa shape index (κ2) is 16.8. The zero-order valence-corrected chi connectivity index (χ0v) is 39.2. The minimum Gasteiger partial charge on any atom is -0.333 e. The molecular weight excluding hydrogens is 948 g/mol.